The molecule has 0 atom stereocenters. The molecule has 2 aliphatic rings. The summed E-state index contributed by atoms with van der Waals surface area (Å²) < 4.78 is 73.0. The van der Waals surface area contributed by atoms with Gasteiger partial charge in [0.2, 0.25) is 0 Å². The quantitative estimate of drug-likeness (QED) is 0.331. The maximum Gasteiger partial charge on any atom is 0.168 e. The van der Waals surface area contributed by atoms with Crippen LogP contribution in [0, 0.1) is 20.5 Å². The minimum Gasteiger partial charge on any atom is -0.233 e. The molecule has 2 aliphatic heterocycles. The van der Waals surface area contributed by atoms with Gasteiger partial charge in [-0.15, -0.1) is 20.5 Å². The van der Waals surface area contributed by atoms with E-state index in [2.05, 4.69) is 83.7 Å². The summed E-state index contributed by atoms with van der Waals surface area (Å²) in [7, 11) is -9.89. The van der Waals surface area contributed by atoms with Crippen molar-refractivity contribution in [3.8, 4) is 0 Å². The Hall–Kier alpha value is -1.96. The number of hydrogen-bond acceptors (Lipinski definition) is 8. The molecule has 0 unspecified atom stereocenters. The van der Waals surface area contributed by atoms with Gasteiger partial charge in [-0.3, -0.25) is 0 Å². The van der Waals surface area contributed by atoms with Crippen LogP contribution in [0.25, 0.3) is 0 Å². The molecule has 0 N–H and O–H groups in total. The van der Waals surface area contributed by atoms with E-state index in [4.69, 9.17) is 37.3 Å². The Kier molecular flexibility index (Phi) is 15.8. The van der Waals surface area contributed by atoms with Gasteiger partial charge in [0, 0.05) is 50.7 Å². The third kappa shape index (κ3) is 19.2. The molecule has 0 spiro atoms. The van der Waals surface area contributed by atoms with E-state index in [0.717, 1.165) is 13.1 Å². The smallest absolute Gasteiger partial charge is 0.168 e. The molecule has 38 heavy (non-hydrogen) atoms. The van der Waals surface area contributed by atoms with Crippen LogP contribution < -0.4 is 37.3 Å². The lowest BCUT2D eigenvalue weighted by molar-refractivity contribution is -2.00. The van der Waals surface area contributed by atoms with Crippen molar-refractivity contribution in [2.75, 3.05) is 13.1 Å². The Morgan fingerprint density at radius 3 is 1.08 bits per heavy atom. The van der Waals surface area contributed by atoms with Crippen molar-refractivity contribution in [3.05, 3.63) is 71.8 Å². The van der Waals surface area contributed by atoms with Crippen LogP contribution in [-0.4, -0.2) is 33.7 Å². The maximum absolute atomic E-state index is 8.49. The largest absolute Gasteiger partial charge is 0.233 e. The van der Waals surface area contributed by atoms with E-state index in [0.29, 0.717) is 0 Å². The number of halogens is 2. The van der Waals surface area contributed by atoms with Crippen molar-refractivity contribution in [2.45, 2.75) is 65.5 Å². The summed E-state index contributed by atoms with van der Waals surface area (Å²) in [6.45, 7) is 9.19. The zero-order valence-corrected chi connectivity index (χ0v) is 23.3. The minimum atomic E-state index is -4.94. The first kappa shape index (κ1) is 34.1. The third-order valence-corrected chi connectivity index (χ3v) is 5.95. The molecule has 2 aromatic rings. The highest BCUT2D eigenvalue weighted by atomic mass is 35.7. The van der Waals surface area contributed by atoms with E-state index in [9.17, 15) is 0 Å². The molecular formula is C26H36Cl2N2O8. The Morgan fingerprint density at radius 1 is 0.526 bits per heavy atom. The first-order chi connectivity index (χ1) is 17.7. The first-order valence-electron chi connectivity index (χ1n) is 12.2. The van der Waals surface area contributed by atoms with E-state index in [1.165, 1.54) is 62.7 Å². The van der Waals surface area contributed by atoms with Crippen molar-refractivity contribution in [1.82, 2.24) is 0 Å². The van der Waals surface area contributed by atoms with Crippen molar-refractivity contribution in [3.63, 3.8) is 0 Å². The molecule has 0 fully saturated rings. The van der Waals surface area contributed by atoms with Crippen molar-refractivity contribution in [2.24, 2.45) is 0 Å². The van der Waals surface area contributed by atoms with Gasteiger partial charge in [-0.25, -0.2) is 46.4 Å². The summed E-state index contributed by atoms with van der Waals surface area (Å²) in [5.41, 5.74) is 5.96. The fourth-order valence-electron chi connectivity index (χ4n) is 4.10. The molecule has 4 rings (SSSR count). The first-order valence-corrected chi connectivity index (χ1v) is 14.7. The number of hydrogen-bond donors (Lipinski definition) is 0. The minimum absolute atomic E-state index is 1.09. The second-order valence-electron chi connectivity index (χ2n) is 8.95. The van der Waals surface area contributed by atoms with Crippen molar-refractivity contribution < 1.29 is 66.9 Å². The van der Waals surface area contributed by atoms with Crippen LogP contribution in [0.15, 0.2) is 60.7 Å². The van der Waals surface area contributed by atoms with Crippen LogP contribution in [0.5, 0.6) is 0 Å². The normalized spacial score (nSPS) is 15.8. The Morgan fingerprint density at radius 2 is 0.816 bits per heavy atom. The van der Waals surface area contributed by atoms with Crippen LogP contribution in [0.3, 0.4) is 0 Å². The Bertz CT molecular complexity index is 898. The molecule has 10 nitrogen and oxygen atoms in total. The Balaban J connectivity index is 0.000000284. The highest BCUT2D eigenvalue weighted by Gasteiger charge is 2.16. The number of nitrogens with zero attached hydrogens (tertiary/aromatic N) is 2. The fraction of sp³-hybridized carbons (Fsp3) is 0.462. The molecule has 0 saturated carbocycles. The molecule has 2 heterocycles. The van der Waals surface area contributed by atoms with Crippen LogP contribution in [0.2, 0.25) is 0 Å². The van der Waals surface area contributed by atoms with Gasteiger partial charge in [-0.1, -0.05) is 60.7 Å². The second kappa shape index (κ2) is 17.6. The van der Waals surface area contributed by atoms with Gasteiger partial charge in [0.05, 0.1) is 0 Å². The summed E-state index contributed by atoms with van der Waals surface area (Å²) in [6, 6.07) is 21.5. The van der Waals surface area contributed by atoms with Gasteiger partial charge >= 0.3 is 0 Å². The van der Waals surface area contributed by atoms with Crippen LogP contribution in [0.1, 0.15) is 63.5 Å². The Labute approximate surface area is 228 Å². The summed E-state index contributed by atoms with van der Waals surface area (Å²) in [5.74, 6) is 0. The SMILES string of the molecule is CC1=[N+](Cc2ccccc2)CCCC1.CC1=[N+](Cc2ccccc2)CCCC1.[O-][Cl+3]([O-])([O-])[O-].[O-][Cl+3]([O-])([O-])[O-]. The van der Waals surface area contributed by atoms with E-state index in [1.54, 1.807) is 11.4 Å². The van der Waals surface area contributed by atoms with Gasteiger partial charge < -0.3 is 0 Å². The van der Waals surface area contributed by atoms with Crippen molar-refractivity contribution in [1.29, 1.82) is 0 Å². The molecular weight excluding hydrogens is 539 g/mol. The van der Waals surface area contributed by atoms with E-state index >= 15 is 0 Å². The second-order valence-corrected chi connectivity index (χ2v) is 10.5. The molecule has 0 bridgehead atoms. The lowest BCUT2D eigenvalue weighted by Crippen LogP contribution is -2.68. The van der Waals surface area contributed by atoms with Gasteiger partial charge in [0.1, 0.15) is 24.5 Å². The molecule has 0 amide bonds. The fourth-order valence-corrected chi connectivity index (χ4v) is 4.10. The zero-order valence-electron chi connectivity index (χ0n) is 21.8. The van der Waals surface area contributed by atoms with Crippen LogP contribution in [0.4, 0.5) is 0 Å². The molecule has 2 aromatic carbocycles. The monoisotopic (exact) mass is 574 g/mol. The van der Waals surface area contributed by atoms with Gasteiger partial charge in [0.25, 0.3) is 0 Å². The average molecular weight is 575 g/mol. The lowest BCUT2D eigenvalue weighted by atomic mass is 10.1. The van der Waals surface area contributed by atoms with E-state index in [-0.39, 0.29) is 0 Å². The summed E-state index contributed by atoms with van der Waals surface area (Å²) >= 11 is 0. The topological polar surface area (TPSA) is 190 Å². The summed E-state index contributed by atoms with van der Waals surface area (Å²) in [5, 5.41) is 0. The highest BCUT2D eigenvalue weighted by molar-refractivity contribution is 5.77. The van der Waals surface area contributed by atoms with Gasteiger partial charge in [-0.05, 0) is 12.8 Å². The molecule has 0 aliphatic carbocycles. The molecule has 0 saturated heterocycles. The molecule has 0 radical (unpaired) electrons. The van der Waals surface area contributed by atoms with E-state index < -0.39 is 20.5 Å². The molecule has 212 valence electrons. The van der Waals surface area contributed by atoms with Crippen LogP contribution >= 0.6 is 0 Å². The predicted molar refractivity (Wildman–Crippen MR) is 120 cm³/mol. The standard InChI is InChI=1S/2C13H18N.2ClHO4/c2*1-12-7-5-6-10-14(12)11-13-8-3-2-4-9-13;2*2-1(3,4)5/h2*2-4,8-9H,5-7,10-11H2,1H3;2*(H,2,3,4,5)/q2*+1;;/p-2. The van der Waals surface area contributed by atoms with Gasteiger partial charge in [0.15, 0.2) is 13.1 Å². The van der Waals surface area contributed by atoms with Gasteiger partial charge in [-0.2, -0.15) is 0 Å². The summed E-state index contributed by atoms with van der Waals surface area (Å²) in [4.78, 5) is 0. The average Bonchev–Trinajstić information content (AvgIpc) is 2.82. The predicted octanol–water partition coefficient (Wildman–Crippen LogP) is -3.82. The number of rotatable bonds is 4. The third-order valence-electron chi connectivity index (χ3n) is 5.95. The molecule has 0 aromatic heterocycles. The zero-order chi connectivity index (χ0) is 28.6. The molecule has 12 heteroatoms. The maximum atomic E-state index is 8.49. The highest BCUT2D eigenvalue weighted by Crippen LogP contribution is 2.10. The van der Waals surface area contributed by atoms with Crippen LogP contribution in [-0.2, 0) is 13.1 Å². The number of benzene rings is 2. The lowest BCUT2D eigenvalue weighted by Gasteiger charge is -2.17. The summed E-state index contributed by atoms with van der Waals surface area (Å²) in [6.07, 6.45) is 8.02. The van der Waals surface area contributed by atoms with Crippen molar-refractivity contribution >= 4 is 11.4 Å². The van der Waals surface area contributed by atoms with E-state index in [1.807, 2.05) is 0 Å².